The fraction of sp³-hybridized carbons (Fsp3) is 0.250. The molecule has 2 unspecified atom stereocenters. The molecule has 0 radical (unpaired) electrons. The van der Waals surface area contributed by atoms with Crippen molar-refractivity contribution in [2.45, 2.75) is 18.6 Å². The molecule has 0 bridgehead atoms. The fourth-order valence-electron chi connectivity index (χ4n) is 2.26. The second kappa shape index (κ2) is 5.51. The van der Waals surface area contributed by atoms with Gasteiger partial charge in [-0.3, -0.25) is 0 Å². The van der Waals surface area contributed by atoms with Crippen LogP contribution in [0, 0.1) is 5.82 Å². The number of fused-ring (bicyclic) bond motifs is 1. The first-order valence-electron chi connectivity index (χ1n) is 6.53. The average molecular weight is 274 g/mol. The van der Waals surface area contributed by atoms with Crippen molar-refractivity contribution in [3.8, 4) is 11.5 Å². The molecule has 1 N–H and O–H groups in total. The highest BCUT2D eigenvalue weighted by molar-refractivity contribution is 5.40. The van der Waals surface area contributed by atoms with Gasteiger partial charge in [0.2, 0.25) is 0 Å². The van der Waals surface area contributed by atoms with Crippen LogP contribution < -0.4 is 9.47 Å². The largest absolute Gasteiger partial charge is 0.486 e. The van der Waals surface area contributed by atoms with Crippen LogP contribution in [0.15, 0.2) is 48.5 Å². The van der Waals surface area contributed by atoms with Gasteiger partial charge in [-0.15, -0.1) is 0 Å². The van der Waals surface area contributed by atoms with Crippen LogP contribution in [-0.4, -0.2) is 23.9 Å². The van der Waals surface area contributed by atoms with Crippen LogP contribution >= 0.6 is 0 Å². The summed E-state index contributed by atoms with van der Waals surface area (Å²) in [6.45, 7) is 0.285. The molecule has 0 amide bonds. The lowest BCUT2D eigenvalue weighted by atomic mass is 10.0. The minimum Gasteiger partial charge on any atom is -0.486 e. The highest BCUT2D eigenvalue weighted by Gasteiger charge is 2.27. The second-order valence-corrected chi connectivity index (χ2v) is 4.82. The van der Waals surface area contributed by atoms with Gasteiger partial charge in [0.1, 0.15) is 12.4 Å². The summed E-state index contributed by atoms with van der Waals surface area (Å²) in [7, 11) is 0. The van der Waals surface area contributed by atoms with Gasteiger partial charge in [0.05, 0.1) is 6.10 Å². The predicted molar refractivity (Wildman–Crippen MR) is 72.5 cm³/mol. The smallest absolute Gasteiger partial charge is 0.161 e. The van der Waals surface area contributed by atoms with Crippen LogP contribution in [0.5, 0.6) is 11.5 Å². The molecule has 0 fully saturated rings. The van der Waals surface area contributed by atoms with E-state index in [1.165, 1.54) is 12.1 Å². The molecule has 1 aliphatic rings. The Bertz CT molecular complexity index is 600. The molecule has 2 atom stereocenters. The van der Waals surface area contributed by atoms with Crippen LogP contribution in [0.1, 0.15) is 5.56 Å². The maximum Gasteiger partial charge on any atom is 0.161 e. The lowest BCUT2D eigenvalue weighted by molar-refractivity contribution is -0.00943. The molecule has 2 aromatic rings. The van der Waals surface area contributed by atoms with E-state index < -0.39 is 12.2 Å². The Labute approximate surface area is 116 Å². The molecule has 4 heteroatoms. The van der Waals surface area contributed by atoms with Crippen molar-refractivity contribution in [3.63, 3.8) is 0 Å². The Morgan fingerprint density at radius 2 is 1.95 bits per heavy atom. The number of aliphatic hydroxyl groups excluding tert-OH is 1. The summed E-state index contributed by atoms with van der Waals surface area (Å²) in [6.07, 6.45) is -0.869. The molecule has 3 nitrogen and oxygen atoms in total. The number of benzene rings is 2. The molecule has 104 valence electrons. The highest BCUT2D eigenvalue weighted by Crippen LogP contribution is 2.31. The Morgan fingerprint density at radius 3 is 2.75 bits per heavy atom. The first kappa shape index (κ1) is 12.9. The quantitative estimate of drug-likeness (QED) is 0.935. The molecule has 0 aromatic heterocycles. The summed E-state index contributed by atoms with van der Waals surface area (Å²) in [5, 5.41) is 10.2. The zero-order valence-corrected chi connectivity index (χ0v) is 10.8. The summed E-state index contributed by atoms with van der Waals surface area (Å²) < 4.78 is 24.4. The topological polar surface area (TPSA) is 38.7 Å². The van der Waals surface area contributed by atoms with Gasteiger partial charge >= 0.3 is 0 Å². The number of para-hydroxylation sites is 2. The Kier molecular flexibility index (Phi) is 3.56. The van der Waals surface area contributed by atoms with Gasteiger partial charge in [0.15, 0.2) is 17.6 Å². The number of ether oxygens (including phenoxy) is 2. The maximum absolute atomic E-state index is 13.1. The molecule has 0 spiro atoms. The highest BCUT2D eigenvalue weighted by atomic mass is 19.1. The van der Waals surface area contributed by atoms with Crippen LogP contribution in [-0.2, 0) is 6.42 Å². The maximum atomic E-state index is 13.1. The van der Waals surface area contributed by atoms with Crippen molar-refractivity contribution in [3.05, 3.63) is 59.9 Å². The van der Waals surface area contributed by atoms with Gasteiger partial charge in [0.25, 0.3) is 0 Å². The van der Waals surface area contributed by atoms with Gasteiger partial charge < -0.3 is 14.6 Å². The summed E-state index contributed by atoms with van der Waals surface area (Å²) in [5.41, 5.74) is 0.736. The van der Waals surface area contributed by atoms with Crippen molar-refractivity contribution in [1.82, 2.24) is 0 Å². The normalized spacial score (nSPS) is 18.6. The fourth-order valence-corrected chi connectivity index (χ4v) is 2.26. The molecule has 3 rings (SSSR count). The Balaban J connectivity index is 1.68. The molecular formula is C16H15FO3. The van der Waals surface area contributed by atoms with E-state index >= 15 is 0 Å². The van der Waals surface area contributed by atoms with E-state index in [-0.39, 0.29) is 12.4 Å². The zero-order valence-electron chi connectivity index (χ0n) is 10.8. The molecule has 1 aliphatic heterocycles. The standard InChI is InChI=1S/C16H15FO3/c17-12-5-3-4-11(8-12)9-13(18)16-10-19-14-6-1-2-7-15(14)20-16/h1-8,13,16,18H,9-10H2. The Morgan fingerprint density at radius 1 is 1.15 bits per heavy atom. The SMILES string of the molecule is OC(Cc1cccc(F)c1)C1COc2ccccc2O1. The van der Waals surface area contributed by atoms with Gasteiger partial charge in [-0.2, -0.15) is 0 Å². The third-order valence-electron chi connectivity index (χ3n) is 3.29. The van der Waals surface area contributed by atoms with E-state index in [0.717, 1.165) is 5.56 Å². The molecule has 20 heavy (non-hydrogen) atoms. The van der Waals surface area contributed by atoms with Crippen LogP contribution in [0.2, 0.25) is 0 Å². The van der Waals surface area contributed by atoms with Crippen molar-refractivity contribution >= 4 is 0 Å². The molecule has 1 heterocycles. The zero-order chi connectivity index (χ0) is 13.9. The van der Waals surface area contributed by atoms with E-state index in [4.69, 9.17) is 9.47 Å². The summed E-state index contributed by atoms with van der Waals surface area (Å²) in [4.78, 5) is 0. The number of halogens is 1. The summed E-state index contributed by atoms with van der Waals surface area (Å²) >= 11 is 0. The molecule has 0 saturated carbocycles. The third kappa shape index (κ3) is 2.75. The van der Waals surface area contributed by atoms with Crippen LogP contribution in [0.3, 0.4) is 0 Å². The van der Waals surface area contributed by atoms with Gasteiger partial charge in [-0.25, -0.2) is 4.39 Å². The lowest BCUT2D eigenvalue weighted by Gasteiger charge is -2.29. The first-order valence-corrected chi connectivity index (χ1v) is 6.53. The first-order chi connectivity index (χ1) is 9.72. The molecule has 2 aromatic carbocycles. The van der Waals surface area contributed by atoms with Crippen molar-refractivity contribution in [1.29, 1.82) is 0 Å². The Hall–Kier alpha value is -2.07. The third-order valence-corrected chi connectivity index (χ3v) is 3.29. The van der Waals surface area contributed by atoms with Crippen molar-refractivity contribution in [2.75, 3.05) is 6.61 Å². The number of hydrogen-bond donors (Lipinski definition) is 1. The van der Waals surface area contributed by atoms with Gasteiger partial charge in [-0.1, -0.05) is 24.3 Å². The van der Waals surface area contributed by atoms with Crippen LogP contribution in [0.4, 0.5) is 4.39 Å². The van der Waals surface area contributed by atoms with Crippen molar-refractivity contribution in [2.24, 2.45) is 0 Å². The number of aliphatic hydroxyl groups is 1. The second-order valence-electron chi connectivity index (χ2n) is 4.82. The number of hydrogen-bond acceptors (Lipinski definition) is 3. The summed E-state index contributed by atoms with van der Waals surface area (Å²) in [5.74, 6) is 1.00. The van der Waals surface area contributed by atoms with E-state index in [0.29, 0.717) is 17.9 Å². The lowest BCUT2D eigenvalue weighted by Crippen LogP contribution is -2.40. The van der Waals surface area contributed by atoms with E-state index in [1.54, 1.807) is 18.2 Å². The molecule has 0 aliphatic carbocycles. The van der Waals surface area contributed by atoms with E-state index in [1.807, 2.05) is 18.2 Å². The monoisotopic (exact) mass is 274 g/mol. The van der Waals surface area contributed by atoms with E-state index in [2.05, 4.69) is 0 Å². The van der Waals surface area contributed by atoms with Crippen LogP contribution in [0.25, 0.3) is 0 Å². The number of rotatable bonds is 3. The molecule has 0 saturated heterocycles. The van der Waals surface area contributed by atoms with Gasteiger partial charge in [-0.05, 0) is 29.8 Å². The summed E-state index contributed by atoms with van der Waals surface area (Å²) in [6, 6.07) is 13.6. The minimum atomic E-state index is -0.745. The average Bonchev–Trinajstić information content (AvgIpc) is 2.47. The molecular weight excluding hydrogens is 259 g/mol. The minimum absolute atomic E-state index is 0.285. The predicted octanol–water partition coefficient (Wildman–Crippen LogP) is 2.57. The van der Waals surface area contributed by atoms with E-state index in [9.17, 15) is 9.50 Å². The van der Waals surface area contributed by atoms with Gasteiger partial charge in [0, 0.05) is 6.42 Å². The van der Waals surface area contributed by atoms with Crippen molar-refractivity contribution < 1.29 is 19.0 Å².